The van der Waals surface area contributed by atoms with Crippen LogP contribution < -0.4 is 0 Å². The standard InChI is InChI=1S/C15H29NO/c1-11(2)13-6-5-12(17)9-14(13)16(4)10-15(3)7-8-15/h11-14,17H,5-10H2,1-4H3. The van der Waals surface area contributed by atoms with Crippen molar-refractivity contribution in [2.75, 3.05) is 13.6 Å². The second-order valence-corrected chi connectivity index (χ2v) is 7.17. The van der Waals surface area contributed by atoms with E-state index in [0.717, 1.165) is 24.7 Å². The molecule has 0 heterocycles. The van der Waals surface area contributed by atoms with E-state index in [-0.39, 0.29) is 6.10 Å². The summed E-state index contributed by atoms with van der Waals surface area (Å²) in [6.45, 7) is 8.28. The van der Waals surface area contributed by atoms with E-state index in [1.807, 2.05) is 0 Å². The minimum absolute atomic E-state index is 0.0653. The van der Waals surface area contributed by atoms with Crippen molar-refractivity contribution < 1.29 is 5.11 Å². The molecule has 100 valence electrons. The predicted molar refractivity (Wildman–Crippen MR) is 71.9 cm³/mol. The first-order chi connectivity index (χ1) is 7.91. The maximum absolute atomic E-state index is 9.92. The molecule has 0 aromatic rings. The topological polar surface area (TPSA) is 23.5 Å². The normalized spacial score (nSPS) is 36.5. The number of hydrogen-bond acceptors (Lipinski definition) is 2. The molecule has 2 heteroatoms. The zero-order valence-corrected chi connectivity index (χ0v) is 11.9. The maximum Gasteiger partial charge on any atom is 0.0555 e. The van der Waals surface area contributed by atoms with Crippen molar-refractivity contribution in [1.29, 1.82) is 0 Å². The number of rotatable bonds is 4. The van der Waals surface area contributed by atoms with Gasteiger partial charge in [-0.15, -0.1) is 0 Å². The van der Waals surface area contributed by atoms with Gasteiger partial charge in [-0.2, -0.15) is 0 Å². The molecule has 0 aromatic heterocycles. The van der Waals surface area contributed by atoms with Gasteiger partial charge in [0.25, 0.3) is 0 Å². The Bertz CT molecular complexity index is 260. The highest BCUT2D eigenvalue weighted by molar-refractivity contribution is 4.94. The smallest absolute Gasteiger partial charge is 0.0555 e. The predicted octanol–water partition coefficient (Wildman–Crippen LogP) is 2.90. The molecule has 0 bridgehead atoms. The van der Waals surface area contributed by atoms with Gasteiger partial charge in [-0.1, -0.05) is 20.8 Å². The van der Waals surface area contributed by atoms with Gasteiger partial charge in [0.15, 0.2) is 0 Å². The molecule has 3 unspecified atom stereocenters. The molecule has 0 aliphatic heterocycles. The van der Waals surface area contributed by atoms with Crippen molar-refractivity contribution in [2.24, 2.45) is 17.3 Å². The summed E-state index contributed by atoms with van der Waals surface area (Å²) in [5.41, 5.74) is 0.582. The largest absolute Gasteiger partial charge is 0.393 e. The van der Waals surface area contributed by atoms with Crippen molar-refractivity contribution in [1.82, 2.24) is 4.90 Å². The van der Waals surface area contributed by atoms with Gasteiger partial charge in [-0.25, -0.2) is 0 Å². The van der Waals surface area contributed by atoms with Crippen LogP contribution in [-0.4, -0.2) is 35.7 Å². The number of aliphatic hydroxyl groups is 1. The zero-order valence-electron chi connectivity index (χ0n) is 11.9. The lowest BCUT2D eigenvalue weighted by molar-refractivity contribution is 0.0160. The second-order valence-electron chi connectivity index (χ2n) is 7.17. The van der Waals surface area contributed by atoms with Crippen LogP contribution in [0, 0.1) is 17.3 Å². The van der Waals surface area contributed by atoms with Gasteiger partial charge < -0.3 is 10.0 Å². The molecule has 0 spiro atoms. The Morgan fingerprint density at radius 3 is 2.47 bits per heavy atom. The van der Waals surface area contributed by atoms with Crippen LogP contribution in [0.15, 0.2) is 0 Å². The van der Waals surface area contributed by atoms with Crippen LogP contribution in [0.25, 0.3) is 0 Å². The molecule has 2 aliphatic rings. The van der Waals surface area contributed by atoms with Crippen molar-refractivity contribution in [3.63, 3.8) is 0 Å². The molecule has 0 amide bonds. The van der Waals surface area contributed by atoms with E-state index in [9.17, 15) is 5.11 Å². The van der Waals surface area contributed by atoms with Crippen LogP contribution in [0.4, 0.5) is 0 Å². The fraction of sp³-hybridized carbons (Fsp3) is 1.00. The van der Waals surface area contributed by atoms with E-state index < -0.39 is 0 Å². The Kier molecular flexibility index (Phi) is 3.84. The van der Waals surface area contributed by atoms with Crippen LogP contribution in [0.3, 0.4) is 0 Å². The molecule has 0 saturated heterocycles. The Hall–Kier alpha value is -0.0800. The molecular weight excluding hydrogens is 210 g/mol. The van der Waals surface area contributed by atoms with E-state index >= 15 is 0 Å². The summed E-state index contributed by atoms with van der Waals surface area (Å²) in [6, 6.07) is 0.594. The molecule has 0 aromatic carbocycles. The Morgan fingerprint density at radius 1 is 1.29 bits per heavy atom. The van der Waals surface area contributed by atoms with Crippen molar-refractivity contribution in [2.45, 2.75) is 65.0 Å². The summed E-state index contributed by atoms with van der Waals surface area (Å²) in [6.07, 6.45) is 5.90. The molecule has 2 aliphatic carbocycles. The van der Waals surface area contributed by atoms with Crippen LogP contribution in [0.5, 0.6) is 0 Å². The Morgan fingerprint density at radius 2 is 1.94 bits per heavy atom. The molecule has 2 nitrogen and oxygen atoms in total. The van der Waals surface area contributed by atoms with E-state index in [1.54, 1.807) is 0 Å². The summed E-state index contributed by atoms with van der Waals surface area (Å²) < 4.78 is 0. The molecule has 2 rings (SSSR count). The minimum atomic E-state index is -0.0653. The molecule has 2 fully saturated rings. The first-order valence-corrected chi connectivity index (χ1v) is 7.29. The summed E-state index contributed by atoms with van der Waals surface area (Å²) >= 11 is 0. The second kappa shape index (κ2) is 4.89. The summed E-state index contributed by atoms with van der Waals surface area (Å²) in [4.78, 5) is 2.54. The first kappa shape index (κ1) is 13.4. The maximum atomic E-state index is 9.92. The molecule has 3 atom stereocenters. The van der Waals surface area contributed by atoms with Gasteiger partial charge in [0.1, 0.15) is 0 Å². The van der Waals surface area contributed by atoms with E-state index in [2.05, 4.69) is 32.7 Å². The Balaban J connectivity index is 1.98. The average molecular weight is 239 g/mol. The summed E-state index contributed by atoms with van der Waals surface area (Å²) in [5, 5.41) is 9.92. The van der Waals surface area contributed by atoms with Crippen LogP contribution >= 0.6 is 0 Å². The Labute approximate surface area is 106 Å². The minimum Gasteiger partial charge on any atom is -0.393 e. The quantitative estimate of drug-likeness (QED) is 0.815. The van der Waals surface area contributed by atoms with Gasteiger partial charge in [0.05, 0.1) is 6.10 Å². The fourth-order valence-electron chi connectivity index (χ4n) is 3.52. The lowest BCUT2D eigenvalue weighted by Gasteiger charge is -2.42. The highest BCUT2D eigenvalue weighted by atomic mass is 16.3. The fourth-order valence-corrected chi connectivity index (χ4v) is 3.52. The number of nitrogens with zero attached hydrogens (tertiary/aromatic N) is 1. The number of aliphatic hydroxyl groups excluding tert-OH is 1. The molecule has 0 radical (unpaired) electrons. The SMILES string of the molecule is CC(C)C1CCC(O)CC1N(C)CC1(C)CC1. The van der Waals surface area contributed by atoms with Gasteiger partial charge >= 0.3 is 0 Å². The lowest BCUT2D eigenvalue weighted by Crippen LogP contribution is -2.47. The third-order valence-corrected chi connectivity index (χ3v) is 5.00. The van der Waals surface area contributed by atoms with E-state index in [4.69, 9.17) is 0 Å². The van der Waals surface area contributed by atoms with Crippen molar-refractivity contribution in [3.05, 3.63) is 0 Å². The highest BCUT2D eigenvalue weighted by Gasteiger charge is 2.41. The average Bonchev–Trinajstić information content (AvgIpc) is 2.95. The molecule has 1 N–H and O–H groups in total. The summed E-state index contributed by atoms with van der Waals surface area (Å²) in [7, 11) is 2.27. The lowest BCUT2D eigenvalue weighted by atomic mass is 9.76. The molecular formula is C15H29NO. The highest BCUT2D eigenvalue weighted by Crippen LogP contribution is 2.46. The van der Waals surface area contributed by atoms with Gasteiger partial charge in [-0.3, -0.25) is 0 Å². The molecule has 17 heavy (non-hydrogen) atoms. The van der Waals surface area contributed by atoms with Crippen LogP contribution in [-0.2, 0) is 0 Å². The van der Waals surface area contributed by atoms with Gasteiger partial charge in [0.2, 0.25) is 0 Å². The van der Waals surface area contributed by atoms with Gasteiger partial charge in [0, 0.05) is 12.6 Å². The zero-order chi connectivity index (χ0) is 12.6. The number of hydrogen-bond donors (Lipinski definition) is 1. The summed E-state index contributed by atoms with van der Waals surface area (Å²) in [5.74, 6) is 1.51. The van der Waals surface area contributed by atoms with E-state index in [0.29, 0.717) is 11.5 Å². The van der Waals surface area contributed by atoms with Crippen molar-refractivity contribution >= 4 is 0 Å². The third-order valence-electron chi connectivity index (χ3n) is 5.00. The third kappa shape index (κ3) is 3.23. The van der Waals surface area contributed by atoms with Gasteiger partial charge in [-0.05, 0) is 56.4 Å². The van der Waals surface area contributed by atoms with E-state index in [1.165, 1.54) is 25.8 Å². The van der Waals surface area contributed by atoms with Crippen LogP contribution in [0.1, 0.15) is 52.9 Å². The molecule has 2 saturated carbocycles. The van der Waals surface area contributed by atoms with Crippen molar-refractivity contribution in [3.8, 4) is 0 Å². The monoisotopic (exact) mass is 239 g/mol. The van der Waals surface area contributed by atoms with Crippen LogP contribution in [0.2, 0.25) is 0 Å². The first-order valence-electron chi connectivity index (χ1n) is 7.29.